The van der Waals surface area contributed by atoms with Crippen molar-refractivity contribution in [3.8, 4) is 0 Å². The highest BCUT2D eigenvalue weighted by molar-refractivity contribution is 9.10. The lowest BCUT2D eigenvalue weighted by Crippen LogP contribution is -2.34. The molecule has 0 aromatic carbocycles. The van der Waals surface area contributed by atoms with E-state index in [1.165, 1.54) is 0 Å². The maximum Gasteiger partial charge on any atom is 0.411 e. The molecular weight excluding hydrogens is 327 g/mol. The fraction of sp³-hybridized carbons (Fsp3) is 0.727. The summed E-state index contributed by atoms with van der Waals surface area (Å²) in [7, 11) is 3.50. The van der Waals surface area contributed by atoms with E-state index in [1.807, 2.05) is 6.92 Å². The first-order valence-electron chi connectivity index (χ1n) is 5.74. The van der Waals surface area contributed by atoms with Crippen LogP contribution in [0.25, 0.3) is 0 Å². The van der Waals surface area contributed by atoms with Gasteiger partial charge in [-0.05, 0) is 29.9 Å². The smallest absolute Gasteiger partial charge is 0.370 e. The van der Waals surface area contributed by atoms with Crippen LogP contribution in [0.15, 0.2) is 4.47 Å². The third-order valence-electron chi connectivity index (χ3n) is 2.69. The van der Waals surface area contributed by atoms with Crippen molar-refractivity contribution in [1.82, 2.24) is 15.1 Å². The highest BCUT2D eigenvalue weighted by Crippen LogP contribution is 2.21. The first kappa shape index (κ1) is 16.5. The van der Waals surface area contributed by atoms with E-state index in [0.717, 1.165) is 15.9 Å². The van der Waals surface area contributed by atoms with Crippen LogP contribution in [0.2, 0.25) is 0 Å². The summed E-state index contributed by atoms with van der Waals surface area (Å²) in [6, 6.07) is -0.201. The summed E-state index contributed by atoms with van der Waals surface area (Å²) in [4.78, 5) is 0. The van der Waals surface area contributed by atoms with Gasteiger partial charge in [0.1, 0.15) is 6.61 Å². The minimum atomic E-state index is -4.29. The van der Waals surface area contributed by atoms with Crippen LogP contribution in [0.1, 0.15) is 11.4 Å². The van der Waals surface area contributed by atoms with Crippen molar-refractivity contribution in [2.75, 3.05) is 20.3 Å². The average molecular weight is 344 g/mol. The topological polar surface area (TPSA) is 39.1 Å². The van der Waals surface area contributed by atoms with E-state index in [9.17, 15) is 13.2 Å². The molecule has 0 aliphatic heterocycles. The molecule has 19 heavy (non-hydrogen) atoms. The fourth-order valence-electron chi connectivity index (χ4n) is 1.70. The van der Waals surface area contributed by atoms with E-state index in [0.29, 0.717) is 6.42 Å². The Hall–Kier alpha value is -0.600. The van der Waals surface area contributed by atoms with E-state index < -0.39 is 12.8 Å². The Morgan fingerprint density at radius 3 is 2.53 bits per heavy atom. The molecule has 1 N–H and O–H groups in total. The average Bonchev–Trinajstić information content (AvgIpc) is 2.52. The Morgan fingerprint density at radius 2 is 2.11 bits per heavy atom. The number of nitrogens with one attached hydrogen (secondary N) is 1. The molecule has 0 amide bonds. The number of ether oxygens (including phenoxy) is 1. The summed E-state index contributed by atoms with van der Waals surface area (Å²) in [5.74, 6) is 0. The lowest BCUT2D eigenvalue weighted by atomic mass is 10.1. The molecule has 8 heteroatoms. The molecule has 0 aliphatic rings. The van der Waals surface area contributed by atoms with Crippen molar-refractivity contribution in [2.24, 2.45) is 7.05 Å². The molecule has 0 radical (unpaired) electrons. The van der Waals surface area contributed by atoms with Crippen molar-refractivity contribution >= 4 is 15.9 Å². The normalized spacial score (nSPS) is 13.8. The predicted octanol–water partition coefficient (Wildman–Crippen LogP) is 2.20. The fourth-order valence-corrected chi connectivity index (χ4v) is 2.19. The summed E-state index contributed by atoms with van der Waals surface area (Å²) in [5, 5.41) is 7.18. The Bertz CT molecular complexity index is 420. The minimum Gasteiger partial charge on any atom is -0.370 e. The monoisotopic (exact) mass is 343 g/mol. The zero-order chi connectivity index (χ0) is 14.6. The SMILES string of the molecule is CNC(COCC(F)(F)F)Cc1c(Br)c(C)nn1C. The van der Waals surface area contributed by atoms with Crippen molar-refractivity contribution < 1.29 is 17.9 Å². The van der Waals surface area contributed by atoms with Crippen molar-refractivity contribution in [1.29, 1.82) is 0 Å². The third-order valence-corrected chi connectivity index (χ3v) is 3.73. The Kier molecular flexibility index (Phi) is 5.82. The van der Waals surface area contributed by atoms with Crippen LogP contribution in [0.5, 0.6) is 0 Å². The minimum absolute atomic E-state index is 0.00726. The summed E-state index contributed by atoms with van der Waals surface area (Å²) in [6.07, 6.45) is -3.76. The number of hydrogen-bond donors (Lipinski definition) is 1. The van der Waals surface area contributed by atoms with E-state index in [2.05, 4.69) is 31.1 Å². The van der Waals surface area contributed by atoms with E-state index in [-0.39, 0.29) is 12.6 Å². The first-order chi connectivity index (χ1) is 8.74. The molecule has 1 aromatic heterocycles. The summed E-state index contributed by atoms with van der Waals surface area (Å²) >= 11 is 3.43. The largest absolute Gasteiger partial charge is 0.411 e. The molecule has 0 bridgehead atoms. The molecule has 0 fully saturated rings. The zero-order valence-electron chi connectivity index (χ0n) is 11.0. The van der Waals surface area contributed by atoms with Gasteiger partial charge >= 0.3 is 6.18 Å². The number of halogens is 4. The Labute approximate surface area is 118 Å². The van der Waals surface area contributed by atoms with Gasteiger partial charge in [-0.25, -0.2) is 0 Å². The molecule has 0 saturated carbocycles. The Morgan fingerprint density at radius 1 is 1.47 bits per heavy atom. The maximum absolute atomic E-state index is 12.0. The van der Waals surface area contributed by atoms with Crippen molar-refractivity contribution in [3.05, 3.63) is 15.9 Å². The zero-order valence-corrected chi connectivity index (χ0v) is 12.6. The van der Waals surface area contributed by atoms with E-state index >= 15 is 0 Å². The molecular formula is C11H17BrF3N3O. The van der Waals surface area contributed by atoms with E-state index in [1.54, 1.807) is 18.8 Å². The molecule has 4 nitrogen and oxygen atoms in total. The lowest BCUT2D eigenvalue weighted by molar-refractivity contribution is -0.175. The molecule has 1 heterocycles. The number of nitrogens with zero attached hydrogens (tertiary/aromatic N) is 2. The van der Waals surface area contributed by atoms with Gasteiger partial charge in [-0.15, -0.1) is 0 Å². The molecule has 110 valence electrons. The standard InChI is InChI=1S/C11H17BrF3N3O/c1-7-10(12)9(18(3)17-7)4-8(16-2)5-19-6-11(13,14)15/h8,16H,4-6H2,1-3H3. The Balaban J connectivity index is 2.57. The maximum atomic E-state index is 12.0. The molecule has 1 atom stereocenters. The predicted molar refractivity (Wildman–Crippen MR) is 69.1 cm³/mol. The number of alkyl halides is 3. The van der Waals surface area contributed by atoms with Crippen molar-refractivity contribution in [3.63, 3.8) is 0 Å². The van der Waals surface area contributed by atoms with Crippen LogP contribution >= 0.6 is 15.9 Å². The van der Waals surface area contributed by atoms with Gasteiger partial charge in [0.05, 0.1) is 22.5 Å². The van der Waals surface area contributed by atoms with Gasteiger partial charge < -0.3 is 10.1 Å². The van der Waals surface area contributed by atoms with Crippen LogP contribution in [0, 0.1) is 6.92 Å². The van der Waals surface area contributed by atoms with Gasteiger partial charge in [0.25, 0.3) is 0 Å². The van der Waals surface area contributed by atoms with Crippen LogP contribution in [-0.2, 0) is 18.2 Å². The highest BCUT2D eigenvalue weighted by atomic mass is 79.9. The number of hydrogen-bond acceptors (Lipinski definition) is 3. The van der Waals surface area contributed by atoms with Gasteiger partial charge in [0, 0.05) is 19.5 Å². The number of rotatable bonds is 6. The third kappa shape index (κ3) is 5.12. The van der Waals surface area contributed by atoms with Gasteiger partial charge in [0.15, 0.2) is 0 Å². The van der Waals surface area contributed by atoms with Crippen molar-refractivity contribution in [2.45, 2.75) is 25.6 Å². The first-order valence-corrected chi connectivity index (χ1v) is 6.53. The molecule has 1 unspecified atom stereocenters. The lowest BCUT2D eigenvalue weighted by Gasteiger charge is -2.17. The highest BCUT2D eigenvalue weighted by Gasteiger charge is 2.28. The number of likely N-dealkylation sites (N-methyl/N-ethyl adjacent to an activating group) is 1. The second kappa shape index (κ2) is 6.71. The quantitative estimate of drug-likeness (QED) is 0.860. The van der Waals surface area contributed by atoms with Crippen LogP contribution in [0.3, 0.4) is 0 Å². The molecule has 1 aromatic rings. The van der Waals surface area contributed by atoms with Crippen LogP contribution in [-0.4, -0.2) is 42.3 Å². The molecule has 0 saturated heterocycles. The number of aromatic nitrogens is 2. The summed E-state index contributed by atoms with van der Waals surface area (Å²) < 4.78 is 43.3. The molecule has 1 rings (SSSR count). The second-order valence-electron chi connectivity index (χ2n) is 4.29. The molecule has 0 aliphatic carbocycles. The summed E-state index contributed by atoms with van der Waals surface area (Å²) in [6.45, 7) is 0.631. The number of aryl methyl sites for hydroxylation is 2. The van der Waals surface area contributed by atoms with Crippen LogP contribution in [0.4, 0.5) is 13.2 Å². The van der Waals surface area contributed by atoms with Crippen LogP contribution < -0.4 is 5.32 Å². The second-order valence-corrected chi connectivity index (χ2v) is 5.08. The van der Waals surface area contributed by atoms with E-state index in [4.69, 9.17) is 0 Å². The molecule has 0 spiro atoms. The van der Waals surface area contributed by atoms with Gasteiger partial charge in [0.2, 0.25) is 0 Å². The van der Waals surface area contributed by atoms with Gasteiger partial charge in [-0.2, -0.15) is 18.3 Å². The summed E-state index contributed by atoms with van der Waals surface area (Å²) in [5.41, 5.74) is 1.77. The van der Waals surface area contributed by atoms with Gasteiger partial charge in [-0.1, -0.05) is 0 Å². The van der Waals surface area contributed by atoms with Gasteiger partial charge in [-0.3, -0.25) is 4.68 Å².